The molecule has 6 heteroatoms. The van der Waals surface area contributed by atoms with Crippen molar-refractivity contribution in [2.24, 2.45) is 5.73 Å². The van der Waals surface area contributed by atoms with Crippen LogP contribution in [0.15, 0.2) is 48.5 Å². The minimum Gasteiger partial charge on any atom is -0.484 e. The number of hydrogen-bond donors (Lipinski definition) is 1. The van der Waals surface area contributed by atoms with Crippen LogP contribution in [-0.2, 0) is 16.1 Å². The molecule has 2 aromatic carbocycles. The number of carbonyl (C=O) groups excluding carboxylic acids is 2. The van der Waals surface area contributed by atoms with Crippen molar-refractivity contribution >= 4 is 11.9 Å². The van der Waals surface area contributed by atoms with Gasteiger partial charge >= 0.3 is 5.97 Å². The second-order valence-corrected chi connectivity index (χ2v) is 4.62. The van der Waals surface area contributed by atoms with Gasteiger partial charge in [0.2, 0.25) is 0 Å². The zero-order valence-corrected chi connectivity index (χ0v) is 12.2. The molecular formula is C17H14N2O4. The highest BCUT2D eigenvalue weighted by Crippen LogP contribution is 2.14. The summed E-state index contributed by atoms with van der Waals surface area (Å²) >= 11 is 0. The van der Waals surface area contributed by atoms with Crippen molar-refractivity contribution in [2.75, 3.05) is 6.61 Å². The highest BCUT2D eigenvalue weighted by Gasteiger charge is 2.09. The van der Waals surface area contributed by atoms with Crippen molar-refractivity contribution in [2.45, 2.75) is 6.61 Å². The molecule has 0 radical (unpaired) electrons. The van der Waals surface area contributed by atoms with E-state index >= 15 is 0 Å². The van der Waals surface area contributed by atoms with Crippen molar-refractivity contribution < 1.29 is 19.1 Å². The lowest BCUT2D eigenvalue weighted by Crippen LogP contribution is -2.20. The lowest BCUT2D eigenvalue weighted by molar-refractivity contribution is -0.119. The number of rotatable bonds is 6. The van der Waals surface area contributed by atoms with Crippen molar-refractivity contribution in [3.63, 3.8) is 0 Å². The molecule has 23 heavy (non-hydrogen) atoms. The van der Waals surface area contributed by atoms with Gasteiger partial charge in [-0.1, -0.05) is 18.2 Å². The van der Waals surface area contributed by atoms with E-state index in [1.165, 1.54) is 12.1 Å². The summed E-state index contributed by atoms with van der Waals surface area (Å²) in [5, 5.41) is 8.98. The van der Waals surface area contributed by atoms with E-state index in [0.717, 1.165) is 0 Å². The zero-order valence-electron chi connectivity index (χ0n) is 12.2. The Bertz CT molecular complexity index is 748. The van der Waals surface area contributed by atoms with Crippen LogP contribution in [-0.4, -0.2) is 18.5 Å². The van der Waals surface area contributed by atoms with Crippen molar-refractivity contribution in [3.05, 3.63) is 65.2 Å². The fourth-order valence-corrected chi connectivity index (χ4v) is 1.82. The number of carbonyl (C=O) groups is 2. The van der Waals surface area contributed by atoms with Crippen molar-refractivity contribution in [1.29, 1.82) is 5.26 Å². The second kappa shape index (κ2) is 7.61. The third-order valence-electron chi connectivity index (χ3n) is 2.97. The van der Waals surface area contributed by atoms with Gasteiger partial charge in [-0.25, -0.2) is 4.79 Å². The Morgan fingerprint density at radius 2 is 1.78 bits per heavy atom. The van der Waals surface area contributed by atoms with Gasteiger partial charge in [0, 0.05) is 5.56 Å². The van der Waals surface area contributed by atoms with Gasteiger partial charge in [0.05, 0.1) is 17.2 Å². The molecule has 2 N–H and O–H groups in total. The molecule has 0 aliphatic rings. The summed E-state index contributed by atoms with van der Waals surface area (Å²) in [5.41, 5.74) is 6.43. The second-order valence-electron chi connectivity index (χ2n) is 4.62. The molecule has 2 rings (SSSR count). The van der Waals surface area contributed by atoms with Gasteiger partial charge in [-0.3, -0.25) is 4.79 Å². The van der Waals surface area contributed by atoms with Gasteiger partial charge in [0.15, 0.2) is 6.61 Å². The van der Waals surface area contributed by atoms with E-state index in [1.807, 2.05) is 6.07 Å². The summed E-state index contributed by atoms with van der Waals surface area (Å²) in [6.07, 6.45) is 0. The molecule has 0 spiro atoms. The Kier molecular flexibility index (Phi) is 5.31. The lowest BCUT2D eigenvalue weighted by atomic mass is 10.1. The SMILES string of the molecule is N#Cc1ccccc1COC(=O)c1ccc(OCC(N)=O)cc1. The van der Waals surface area contributed by atoms with Crippen molar-refractivity contribution in [3.8, 4) is 11.8 Å². The first-order valence-electron chi connectivity index (χ1n) is 6.76. The Labute approximate surface area is 133 Å². The summed E-state index contributed by atoms with van der Waals surface area (Å²) in [5.74, 6) is -0.668. The summed E-state index contributed by atoms with van der Waals surface area (Å²) in [6, 6.07) is 15.1. The molecule has 0 unspecified atom stereocenters. The first-order chi connectivity index (χ1) is 11.1. The number of nitrogens with zero attached hydrogens (tertiary/aromatic N) is 1. The van der Waals surface area contributed by atoms with Crippen LogP contribution in [0.25, 0.3) is 0 Å². The van der Waals surface area contributed by atoms with Crippen LogP contribution in [0, 0.1) is 11.3 Å². The molecule has 0 saturated heterocycles. The molecule has 0 atom stereocenters. The van der Waals surface area contributed by atoms with E-state index in [9.17, 15) is 9.59 Å². The van der Waals surface area contributed by atoms with Gasteiger partial charge in [-0.2, -0.15) is 5.26 Å². The van der Waals surface area contributed by atoms with Crippen LogP contribution in [0.2, 0.25) is 0 Å². The molecular weight excluding hydrogens is 296 g/mol. The largest absolute Gasteiger partial charge is 0.484 e. The Morgan fingerprint density at radius 1 is 1.09 bits per heavy atom. The topological polar surface area (TPSA) is 102 Å². The predicted molar refractivity (Wildman–Crippen MR) is 81.4 cm³/mol. The van der Waals surface area contributed by atoms with Crippen LogP contribution >= 0.6 is 0 Å². The maximum Gasteiger partial charge on any atom is 0.338 e. The third-order valence-corrected chi connectivity index (χ3v) is 2.97. The Hall–Kier alpha value is -3.33. The van der Waals surface area contributed by atoms with Crippen LogP contribution in [0.4, 0.5) is 0 Å². The normalized spacial score (nSPS) is 9.70. The van der Waals surface area contributed by atoms with E-state index in [2.05, 4.69) is 0 Å². The molecule has 0 aliphatic heterocycles. The van der Waals surface area contributed by atoms with E-state index in [1.54, 1.807) is 36.4 Å². The molecule has 1 amide bonds. The number of nitrogens with two attached hydrogens (primary N) is 1. The van der Waals surface area contributed by atoms with Gasteiger partial charge in [-0.15, -0.1) is 0 Å². The molecule has 0 saturated carbocycles. The molecule has 116 valence electrons. The molecule has 6 nitrogen and oxygen atoms in total. The minimum atomic E-state index is -0.579. The zero-order chi connectivity index (χ0) is 16.7. The fourth-order valence-electron chi connectivity index (χ4n) is 1.82. The Balaban J connectivity index is 1.96. The fraction of sp³-hybridized carbons (Fsp3) is 0.118. The van der Waals surface area contributed by atoms with Gasteiger partial charge in [0.25, 0.3) is 5.91 Å². The minimum absolute atomic E-state index is 0.0164. The van der Waals surface area contributed by atoms with Crippen LogP contribution in [0.5, 0.6) is 5.75 Å². The number of amides is 1. The average Bonchev–Trinajstić information content (AvgIpc) is 2.58. The number of esters is 1. The predicted octanol–water partition coefficient (Wildman–Crippen LogP) is 1.78. The average molecular weight is 310 g/mol. The summed E-state index contributed by atoms with van der Waals surface area (Å²) in [7, 11) is 0. The number of ether oxygens (including phenoxy) is 2. The maximum atomic E-state index is 12.0. The number of nitriles is 1. The number of benzene rings is 2. The lowest BCUT2D eigenvalue weighted by Gasteiger charge is -2.07. The van der Waals surface area contributed by atoms with E-state index < -0.39 is 11.9 Å². The van der Waals surface area contributed by atoms with E-state index in [4.69, 9.17) is 20.5 Å². The number of hydrogen-bond acceptors (Lipinski definition) is 5. The summed E-state index contributed by atoms with van der Waals surface area (Å²) in [6.45, 7) is -0.211. The standard InChI is InChI=1S/C17H14N2O4/c18-9-13-3-1-2-4-14(13)10-23-17(21)12-5-7-15(8-6-12)22-11-16(19)20/h1-8H,10-11H2,(H2,19,20). The van der Waals surface area contributed by atoms with Gasteiger partial charge < -0.3 is 15.2 Å². The molecule has 0 bridgehead atoms. The summed E-state index contributed by atoms with van der Waals surface area (Å²) in [4.78, 5) is 22.6. The first-order valence-corrected chi connectivity index (χ1v) is 6.76. The van der Waals surface area contributed by atoms with Gasteiger partial charge in [-0.05, 0) is 30.3 Å². The summed E-state index contributed by atoms with van der Waals surface area (Å²) < 4.78 is 10.3. The molecule has 0 fully saturated rings. The van der Waals surface area contributed by atoms with Crippen LogP contribution in [0.3, 0.4) is 0 Å². The maximum absolute atomic E-state index is 12.0. The van der Waals surface area contributed by atoms with Crippen LogP contribution in [0.1, 0.15) is 21.5 Å². The third kappa shape index (κ3) is 4.58. The highest BCUT2D eigenvalue weighted by atomic mass is 16.5. The highest BCUT2D eigenvalue weighted by molar-refractivity contribution is 5.89. The molecule has 2 aromatic rings. The Morgan fingerprint density at radius 3 is 2.43 bits per heavy atom. The number of primary amides is 1. The molecule has 0 heterocycles. The van der Waals surface area contributed by atoms with Gasteiger partial charge in [0.1, 0.15) is 12.4 Å². The first kappa shape index (κ1) is 16.0. The molecule has 0 aliphatic carbocycles. The molecule has 0 aromatic heterocycles. The monoisotopic (exact) mass is 310 g/mol. The smallest absolute Gasteiger partial charge is 0.338 e. The van der Waals surface area contributed by atoms with Crippen molar-refractivity contribution in [1.82, 2.24) is 0 Å². The quantitative estimate of drug-likeness (QED) is 0.819. The van der Waals surface area contributed by atoms with E-state index in [0.29, 0.717) is 22.4 Å². The van der Waals surface area contributed by atoms with Crippen LogP contribution < -0.4 is 10.5 Å². The van der Waals surface area contributed by atoms with E-state index in [-0.39, 0.29) is 13.2 Å².